The third-order valence-corrected chi connectivity index (χ3v) is 4.62. The summed E-state index contributed by atoms with van der Waals surface area (Å²) in [5.74, 6) is -1.26. The third-order valence-electron chi connectivity index (χ3n) is 3.72. The molecule has 0 bridgehead atoms. The van der Waals surface area contributed by atoms with Crippen LogP contribution in [0.1, 0.15) is 29.8 Å². The maximum Gasteiger partial charge on any atom is 0.326 e. The Hall–Kier alpha value is -2.22. The molecule has 1 aliphatic heterocycles. The second-order valence-electron chi connectivity index (χ2n) is 5.29. The van der Waals surface area contributed by atoms with Gasteiger partial charge in [0, 0.05) is 30.7 Å². The predicted octanol–water partition coefficient (Wildman–Crippen LogP) is 1.62. The van der Waals surface area contributed by atoms with Crippen molar-refractivity contribution in [2.24, 2.45) is 7.05 Å². The number of nitrogens with zero attached hydrogens (tertiary/aromatic N) is 4. The van der Waals surface area contributed by atoms with Gasteiger partial charge in [-0.25, -0.2) is 9.78 Å². The lowest BCUT2D eigenvalue weighted by molar-refractivity contribution is -0.143. The molecule has 0 aromatic carbocycles. The lowest BCUT2D eigenvalue weighted by Crippen LogP contribution is -2.48. The van der Waals surface area contributed by atoms with Crippen LogP contribution >= 0.6 is 11.3 Å². The summed E-state index contributed by atoms with van der Waals surface area (Å²) in [6.45, 7) is 0.468. The number of hydrogen-bond acceptors (Lipinski definition) is 5. The number of rotatable bonds is 3. The topological polar surface area (TPSA) is 88.3 Å². The molecule has 1 atom stereocenters. The van der Waals surface area contributed by atoms with Crippen LogP contribution < -0.4 is 0 Å². The number of thiazole rings is 1. The van der Waals surface area contributed by atoms with Crippen LogP contribution in [0.5, 0.6) is 0 Å². The maximum atomic E-state index is 12.6. The lowest BCUT2D eigenvalue weighted by Gasteiger charge is -2.32. The van der Waals surface area contributed by atoms with Crippen LogP contribution in [0.25, 0.3) is 10.6 Å². The zero-order valence-electron chi connectivity index (χ0n) is 12.1. The molecule has 2 aromatic heterocycles. The van der Waals surface area contributed by atoms with Gasteiger partial charge in [-0.2, -0.15) is 5.10 Å². The molecule has 2 aromatic rings. The first kappa shape index (κ1) is 14.7. The van der Waals surface area contributed by atoms with Crippen LogP contribution in [-0.4, -0.2) is 49.2 Å². The molecule has 116 valence electrons. The Kier molecular flexibility index (Phi) is 3.93. The molecule has 3 heterocycles. The number of amides is 1. The molecule has 1 amide bonds. The number of likely N-dealkylation sites (tertiary alicyclic amines) is 1. The van der Waals surface area contributed by atoms with Crippen LogP contribution in [0.3, 0.4) is 0 Å². The molecule has 22 heavy (non-hydrogen) atoms. The molecular weight excluding hydrogens is 304 g/mol. The van der Waals surface area contributed by atoms with E-state index in [1.165, 1.54) is 16.2 Å². The van der Waals surface area contributed by atoms with Crippen molar-refractivity contribution in [3.63, 3.8) is 0 Å². The molecule has 0 radical (unpaired) electrons. The quantitative estimate of drug-likeness (QED) is 0.928. The molecule has 1 fully saturated rings. The van der Waals surface area contributed by atoms with Gasteiger partial charge in [0.05, 0.1) is 6.20 Å². The normalized spacial score (nSPS) is 18.4. The third kappa shape index (κ3) is 2.74. The highest BCUT2D eigenvalue weighted by Gasteiger charge is 2.33. The van der Waals surface area contributed by atoms with E-state index >= 15 is 0 Å². The van der Waals surface area contributed by atoms with E-state index in [1.807, 2.05) is 13.2 Å². The van der Waals surface area contributed by atoms with E-state index in [-0.39, 0.29) is 5.91 Å². The first-order chi connectivity index (χ1) is 10.6. The molecule has 1 saturated heterocycles. The average molecular weight is 320 g/mol. The van der Waals surface area contributed by atoms with Gasteiger partial charge in [-0.05, 0) is 19.3 Å². The molecule has 0 spiro atoms. The molecule has 0 aliphatic carbocycles. The number of aliphatic carboxylic acids is 1. The van der Waals surface area contributed by atoms with Crippen molar-refractivity contribution in [3.8, 4) is 10.6 Å². The van der Waals surface area contributed by atoms with Crippen molar-refractivity contribution in [3.05, 3.63) is 23.5 Å². The fraction of sp³-hybridized carbons (Fsp3) is 0.429. The fourth-order valence-corrected chi connectivity index (χ4v) is 3.38. The van der Waals surface area contributed by atoms with E-state index in [2.05, 4.69) is 10.1 Å². The monoisotopic (exact) mass is 320 g/mol. The van der Waals surface area contributed by atoms with Gasteiger partial charge in [-0.1, -0.05) is 0 Å². The summed E-state index contributed by atoms with van der Waals surface area (Å²) in [6.07, 6.45) is 5.68. The highest BCUT2D eigenvalue weighted by molar-refractivity contribution is 7.13. The second kappa shape index (κ2) is 5.88. The maximum absolute atomic E-state index is 12.6. The smallest absolute Gasteiger partial charge is 0.326 e. The molecule has 7 nitrogen and oxygen atoms in total. The number of carboxylic acids is 1. The largest absolute Gasteiger partial charge is 0.480 e. The lowest BCUT2D eigenvalue weighted by atomic mass is 10.0. The second-order valence-corrected chi connectivity index (χ2v) is 6.15. The molecule has 3 rings (SSSR count). The molecule has 0 unspecified atom stereocenters. The fourth-order valence-electron chi connectivity index (χ4n) is 2.61. The number of aromatic nitrogens is 3. The van der Waals surface area contributed by atoms with Gasteiger partial charge >= 0.3 is 5.97 Å². The van der Waals surface area contributed by atoms with Gasteiger partial charge in [0.1, 0.15) is 16.7 Å². The van der Waals surface area contributed by atoms with Crippen LogP contribution in [0.4, 0.5) is 0 Å². The Balaban J connectivity index is 1.83. The number of hydrogen-bond donors (Lipinski definition) is 1. The van der Waals surface area contributed by atoms with Crippen molar-refractivity contribution in [2.75, 3.05) is 6.54 Å². The van der Waals surface area contributed by atoms with Gasteiger partial charge < -0.3 is 10.0 Å². The minimum atomic E-state index is -0.948. The highest BCUT2D eigenvalue weighted by Crippen LogP contribution is 2.25. The van der Waals surface area contributed by atoms with Gasteiger partial charge in [0.25, 0.3) is 5.91 Å². The Morgan fingerprint density at radius 3 is 2.91 bits per heavy atom. The van der Waals surface area contributed by atoms with Crippen LogP contribution in [0.15, 0.2) is 17.8 Å². The Morgan fingerprint density at radius 2 is 2.23 bits per heavy atom. The summed E-state index contributed by atoms with van der Waals surface area (Å²) in [5.41, 5.74) is 1.15. The summed E-state index contributed by atoms with van der Waals surface area (Å²) in [7, 11) is 1.81. The minimum Gasteiger partial charge on any atom is -0.480 e. The molecule has 1 N–H and O–H groups in total. The number of piperidine rings is 1. The zero-order chi connectivity index (χ0) is 15.7. The summed E-state index contributed by atoms with van der Waals surface area (Å²) < 4.78 is 1.67. The van der Waals surface area contributed by atoms with Crippen molar-refractivity contribution >= 4 is 23.2 Å². The number of carbonyl (C=O) groups is 2. The Bertz CT molecular complexity index is 709. The molecular formula is C14H16N4O3S. The average Bonchev–Trinajstić information content (AvgIpc) is 3.15. The number of carboxylic acid groups (broad SMARTS) is 1. The summed E-state index contributed by atoms with van der Waals surface area (Å²) >= 11 is 1.36. The van der Waals surface area contributed by atoms with Crippen molar-refractivity contribution in [1.29, 1.82) is 0 Å². The minimum absolute atomic E-state index is 0.303. The number of carbonyl (C=O) groups excluding carboxylic acids is 1. The summed E-state index contributed by atoms with van der Waals surface area (Å²) in [5, 5.41) is 15.7. The SMILES string of the molecule is Cn1cc(-c2nc(C(=O)N3CCCC[C@@H]3C(=O)O)cs2)cn1. The van der Waals surface area contributed by atoms with Crippen LogP contribution in [-0.2, 0) is 11.8 Å². The standard InChI is InChI=1S/C14H16N4O3S/c1-17-7-9(6-15-17)12-16-10(8-22-12)13(19)18-5-3-2-4-11(18)14(20)21/h6-8,11H,2-5H2,1H3,(H,20,21)/t11-/m1/s1. The Labute approximate surface area is 131 Å². The van der Waals surface area contributed by atoms with E-state index < -0.39 is 12.0 Å². The summed E-state index contributed by atoms with van der Waals surface area (Å²) in [4.78, 5) is 29.6. The van der Waals surface area contributed by atoms with Gasteiger partial charge in [-0.3, -0.25) is 9.48 Å². The van der Waals surface area contributed by atoms with E-state index in [9.17, 15) is 14.7 Å². The van der Waals surface area contributed by atoms with E-state index in [4.69, 9.17) is 0 Å². The highest BCUT2D eigenvalue weighted by atomic mass is 32.1. The molecule has 0 saturated carbocycles. The van der Waals surface area contributed by atoms with E-state index in [1.54, 1.807) is 16.3 Å². The van der Waals surface area contributed by atoms with Crippen molar-refractivity contribution in [1.82, 2.24) is 19.7 Å². The van der Waals surface area contributed by atoms with Crippen molar-refractivity contribution < 1.29 is 14.7 Å². The molecule has 1 aliphatic rings. The van der Waals surface area contributed by atoms with E-state index in [0.29, 0.717) is 23.7 Å². The number of aryl methyl sites for hydroxylation is 1. The van der Waals surface area contributed by atoms with Gasteiger partial charge in [0.15, 0.2) is 0 Å². The van der Waals surface area contributed by atoms with Gasteiger partial charge in [-0.15, -0.1) is 11.3 Å². The Morgan fingerprint density at radius 1 is 1.41 bits per heavy atom. The molecule has 8 heteroatoms. The summed E-state index contributed by atoms with van der Waals surface area (Å²) in [6, 6.07) is -0.746. The first-order valence-electron chi connectivity index (χ1n) is 7.04. The first-order valence-corrected chi connectivity index (χ1v) is 7.92. The zero-order valence-corrected chi connectivity index (χ0v) is 12.9. The van der Waals surface area contributed by atoms with Crippen molar-refractivity contribution in [2.45, 2.75) is 25.3 Å². The van der Waals surface area contributed by atoms with Crippen LogP contribution in [0.2, 0.25) is 0 Å². The predicted molar refractivity (Wildman–Crippen MR) is 80.6 cm³/mol. The van der Waals surface area contributed by atoms with Gasteiger partial charge in [0.2, 0.25) is 0 Å². The van der Waals surface area contributed by atoms with E-state index in [0.717, 1.165) is 18.4 Å². The van der Waals surface area contributed by atoms with Crippen LogP contribution in [0, 0.1) is 0 Å².